The van der Waals surface area contributed by atoms with Crippen LogP contribution in [0.25, 0.3) is 0 Å². The highest BCUT2D eigenvalue weighted by molar-refractivity contribution is 7.85. The van der Waals surface area contributed by atoms with Gasteiger partial charge in [-0.2, -0.15) is 8.42 Å². The molecule has 0 unspecified atom stereocenters. The number of rotatable bonds is 4. The molecule has 0 spiro atoms. The van der Waals surface area contributed by atoms with Gasteiger partial charge in [0, 0.05) is 20.3 Å². The van der Waals surface area contributed by atoms with Gasteiger partial charge < -0.3 is 9.47 Å². The van der Waals surface area contributed by atoms with Crippen LogP contribution in [0.15, 0.2) is 12.0 Å². The van der Waals surface area contributed by atoms with Crippen molar-refractivity contribution in [2.24, 2.45) is 0 Å². The van der Waals surface area contributed by atoms with E-state index in [0.29, 0.717) is 12.2 Å². The van der Waals surface area contributed by atoms with Crippen LogP contribution in [0.4, 0.5) is 0 Å². The summed E-state index contributed by atoms with van der Waals surface area (Å²) in [6, 6.07) is 0. The van der Waals surface area contributed by atoms with Gasteiger partial charge in [-0.1, -0.05) is 0 Å². The highest BCUT2D eigenvalue weighted by atomic mass is 32.2. The van der Waals surface area contributed by atoms with Gasteiger partial charge in [0.1, 0.15) is 12.0 Å². The summed E-state index contributed by atoms with van der Waals surface area (Å²) in [6.45, 7) is 3.62. The minimum Gasteiger partial charge on any atom is -0.457 e. The van der Waals surface area contributed by atoms with Crippen LogP contribution in [0.3, 0.4) is 0 Å². The van der Waals surface area contributed by atoms with Gasteiger partial charge in [0.15, 0.2) is 0 Å². The fraction of sp³-hybridized carbons (Fsp3) is 0.750. The zero-order valence-electron chi connectivity index (χ0n) is 8.44. The van der Waals surface area contributed by atoms with Crippen molar-refractivity contribution in [2.45, 2.75) is 26.1 Å². The first-order valence-corrected chi connectivity index (χ1v) is 6.00. The molecule has 0 fully saturated rings. The van der Waals surface area contributed by atoms with Crippen molar-refractivity contribution in [1.82, 2.24) is 0 Å². The first-order chi connectivity index (χ1) is 6.29. The average Bonchev–Trinajstić information content (AvgIpc) is 2.27. The third-order valence-corrected chi connectivity index (χ3v) is 2.09. The molecule has 0 amide bonds. The molecule has 1 heterocycles. The molecule has 1 aliphatic rings. The highest BCUT2D eigenvalue weighted by Gasteiger charge is 2.27. The largest absolute Gasteiger partial charge is 0.457 e. The maximum atomic E-state index is 10.6. The highest BCUT2D eigenvalue weighted by Crippen LogP contribution is 2.25. The van der Waals surface area contributed by atoms with Crippen molar-refractivity contribution in [3.05, 3.63) is 12.0 Å². The lowest BCUT2D eigenvalue weighted by atomic mass is 10.4. The smallest absolute Gasteiger partial charge is 0.264 e. The summed E-state index contributed by atoms with van der Waals surface area (Å²) in [6.07, 6.45) is 2.87. The van der Waals surface area contributed by atoms with Crippen LogP contribution in [0.5, 0.6) is 0 Å². The number of hydrogen-bond donors (Lipinski definition) is 0. The molecule has 0 aromatic rings. The van der Waals surface area contributed by atoms with Crippen LogP contribution >= 0.6 is 0 Å². The molecule has 0 saturated carbocycles. The fourth-order valence-corrected chi connectivity index (χ4v) is 1.36. The Morgan fingerprint density at radius 3 is 2.57 bits per heavy atom. The molecule has 1 aliphatic heterocycles. The van der Waals surface area contributed by atoms with E-state index < -0.39 is 15.9 Å². The summed E-state index contributed by atoms with van der Waals surface area (Å²) in [5.74, 6) is -0.0564. The van der Waals surface area contributed by atoms with Crippen LogP contribution < -0.4 is 0 Å². The van der Waals surface area contributed by atoms with E-state index in [1.807, 2.05) is 0 Å². The van der Waals surface area contributed by atoms with E-state index in [1.165, 1.54) is 6.26 Å². The summed E-state index contributed by atoms with van der Waals surface area (Å²) in [5.41, 5.74) is 0. The molecule has 14 heavy (non-hydrogen) atoms. The van der Waals surface area contributed by atoms with Crippen molar-refractivity contribution in [3.63, 3.8) is 0 Å². The van der Waals surface area contributed by atoms with E-state index in [-0.39, 0.29) is 6.61 Å². The standard InChI is InChI=1S/C8H14O5S/c1-8(2)11-6-7(13-8)4-5-12-14(3,9)10/h6H,4-5H2,1-3H3. The van der Waals surface area contributed by atoms with E-state index in [1.54, 1.807) is 13.8 Å². The molecule has 6 heteroatoms. The molecule has 1 rings (SSSR count). The molecule has 0 saturated heterocycles. The maximum Gasteiger partial charge on any atom is 0.264 e. The first-order valence-electron chi connectivity index (χ1n) is 4.19. The summed E-state index contributed by atoms with van der Waals surface area (Å²) < 4.78 is 36.3. The predicted molar refractivity (Wildman–Crippen MR) is 49.7 cm³/mol. The molecular formula is C8H14O5S. The van der Waals surface area contributed by atoms with Crippen LogP contribution in [0.2, 0.25) is 0 Å². The molecule has 5 nitrogen and oxygen atoms in total. The lowest BCUT2D eigenvalue weighted by molar-refractivity contribution is -0.117. The topological polar surface area (TPSA) is 61.8 Å². The van der Waals surface area contributed by atoms with Crippen LogP contribution in [-0.4, -0.2) is 27.1 Å². The van der Waals surface area contributed by atoms with Crippen LogP contribution in [0.1, 0.15) is 20.3 Å². The van der Waals surface area contributed by atoms with Crippen molar-refractivity contribution in [1.29, 1.82) is 0 Å². The SMILES string of the molecule is CC1(C)OC=C(CCOS(C)(=O)=O)O1. The maximum absolute atomic E-state index is 10.6. The van der Waals surface area contributed by atoms with Crippen LogP contribution in [0, 0.1) is 0 Å². The summed E-state index contributed by atoms with van der Waals surface area (Å²) in [7, 11) is -3.37. The molecule has 0 atom stereocenters. The zero-order chi connectivity index (χ0) is 10.8. The molecular weight excluding hydrogens is 208 g/mol. The van der Waals surface area contributed by atoms with Gasteiger partial charge in [0.2, 0.25) is 5.79 Å². The lowest BCUT2D eigenvalue weighted by Crippen LogP contribution is -2.20. The minimum atomic E-state index is -3.37. The second-order valence-electron chi connectivity index (χ2n) is 3.48. The normalized spacial score (nSPS) is 19.8. The van der Waals surface area contributed by atoms with E-state index in [4.69, 9.17) is 9.47 Å². The molecule has 0 N–H and O–H groups in total. The monoisotopic (exact) mass is 222 g/mol. The molecule has 0 aromatic carbocycles. The Hall–Kier alpha value is -0.750. The minimum absolute atomic E-state index is 0.0735. The summed E-state index contributed by atoms with van der Waals surface area (Å²) in [4.78, 5) is 0. The van der Waals surface area contributed by atoms with Crippen LogP contribution in [-0.2, 0) is 23.8 Å². The van der Waals surface area contributed by atoms with Gasteiger partial charge in [-0.25, -0.2) is 0 Å². The Labute approximate surface area is 83.8 Å². The molecule has 0 radical (unpaired) electrons. The Kier molecular flexibility index (Phi) is 3.06. The second-order valence-corrected chi connectivity index (χ2v) is 5.12. The average molecular weight is 222 g/mol. The number of hydrogen-bond acceptors (Lipinski definition) is 5. The van der Waals surface area contributed by atoms with Crippen molar-refractivity contribution < 1.29 is 22.1 Å². The van der Waals surface area contributed by atoms with Gasteiger partial charge in [0.05, 0.1) is 12.9 Å². The van der Waals surface area contributed by atoms with E-state index in [9.17, 15) is 8.42 Å². The van der Waals surface area contributed by atoms with Gasteiger partial charge in [-0.3, -0.25) is 4.18 Å². The van der Waals surface area contributed by atoms with Gasteiger partial charge in [-0.15, -0.1) is 0 Å². The van der Waals surface area contributed by atoms with E-state index in [0.717, 1.165) is 6.26 Å². The Bertz CT molecular complexity index is 328. The predicted octanol–water partition coefficient (Wildman–Crippen LogP) is 0.977. The number of ether oxygens (including phenoxy) is 2. The van der Waals surface area contributed by atoms with Gasteiger partial charge in [0.25, 0.3) is 10.1 Å². The van der Waals surface area contributed by atoms with Crippen molar-refractivity contribution >= 4 is 10.1 Å². The molecule has 0 bridgehead atoms. The van der Waals surface area contributed by atoms with E-state index in [2.05, 4.69) is 4.18 Å². The Morgan fingerprint density at radius 1 is 1.50 bits per heavy atom. The first kappa shape index (κ1) is 11.3. The second kappa shape index (κ2) is 3.78. The van der Waals surface area contributed by atoms with Gasteiger partial charge >= 0.3 is 0 Å². The summed E-state index contributed by atoms with van der Waals surface area (Å²) >= 11 is 0. The third kappa shape index (κ3) is 3.97. The van der Waals surface area contributed by atoms with Crippen molar-refractivity contribution in [2.75, 3.05) is 12.9 Å². The summed E-state index contributed by atoms with van der Waals surface area (Å²) in [5, 5.41) is 0. The molecule has 82 valence electrons. The van der Waals surface area contributed by atoms with Crippen molar-refractivity contribution in [3.8, 4) is 0 Å². The Morgan fingerprint density at radius 2 is 2.14 bits per heavy atom. The quantitative estimate of drug-likeness (QED) is 0.663. The molecule has 0 aliphatic carbocycles. The molecule has 0 aromatic heterocycles. The zero-order valence-corrected chi connectivity index (χ0v) is 9.26. The lowest BCUT2D eigenvalue weighted by Gasteiger charge is -2.18. The fourth-order valence-electron chi connectivity index (χ4n) is 0.975. The third-order valence-electron chi connectivity index (χ3n) is 1.50. The van der Waals surface area contributed by atoms with E-state index >= 15 is 0 Å². The van der Waals surface area contributed by atoms with Gasteiger partial charge in [-0.05, 0) is 0 Å². The Balaban J connectivity index is 2.28.